The summed E-state index contributed by atoms with van der Waals surface area (Å²) in [5, 5.41) is 1.02. The van der Waals surface area contributed by atoms with Crippen molar-refractivity contribution in [2.45, 2.75) is 12.7 Å². The molecule has 1 aromatic heterocycles. The van der Waals surface area contributed by atoms with Crippen LogP contribution in [0, 0.1) is 0 Å². The zero-order valence-electron chi connectivity index (χ0n) is 8.83. The number of fused-ring (bicyclic) bond motifs is 1. The maximum atomic E-state index is 11.5. The fourth-order valence-corrected chi connectivity index (χ4v) is 2.91. The Balaban J connectivity index is 2.45. The highest BCUT2D eigenvalue weighted by atomic mass is 79.9. The average molecular weight is 302 g/mol. The normalized spacial score (nSPS) is 12.1. The Kier molecular flexibility index (Phi) is 3.08. The van der Waals surface area contributed by atoms with E-state index in [1.807, 2.05) is 24.3 Å². The molecule has 0 unspecified atom stereocenters. The molecule has 3 nitrogen and oxygen atoms in total. The molecule has 16 heavy (non-hydrogen) atoms. The number of rotatable bonds is 3. The summed E-state index contributed by atoms with van der Waals surface area (Å²) in [6, 6.07) is 7.70. The number of benzene rings is 1. The Morgan fingerprint density at radius 3 is 2.75 bits per heavy atom. The molecule has 0 aliphatic heterocycles. The van der Waals surface area contributed by atoms with E-state index in [4.69, 9.17) is 0 Å². The summed E-state index contributed by atoms with van der Waals surface area (Å²) in [5.41, 5.74) is 1.69. The summed E-state index contributed by atoms with van der Waals surface area (Å²) in [4.78, 5) is 3.13. The van der Waals surface area contributed by atoms with E-state index in [9.17, 15) is 8.42 Å². The van der Waals surface area contributed by atoms with E-state index in [2.05, 4.69) is 20.9 Å². The molecule has 0 spiro atoms. The highest BCUT2D eigenvalue weighted by Crippen LogP contribution is 2.24. The second-order valence-electron chi connectivity index (χ2n) is 3.68. The highest BCUT2D eigenvalue weighted by molar-refractivity contribution is 9.10. The Bertz CT molecular complexity index is 616. The summed E-state index contributed by atoms with van der Waals surface area (Å²) < 4.78 is 23.9. The van der Waals surface area contributed by atoms with Gasteiger partial charge >= 0.3 is 0 Å². The average Bonchev–Trinajstić information content (AvgIpc) is 2.61. The standard InChI is InChI=1S/C11H12BrNO2S/c1-2-16(14,15)7-9-6-8-4-3-5-10(12)11(8)13-9/h3-6,13H,2,7H2,1H3. The molecule has 1 heterocycles. The Hall–Kier alpha value is -0.810. The summed E-state index contributed by atoms with van der Waals surface area (Å²) in [7, 11) is -2.98. The number of hydrogen-bond acceptors (Lipinski definition) is 2. The highest BCUT2D eigenvalue weighted by Gasteiger charge is 2.11. The first-order chi connectivity index (χ1) is 7.52. The Morgan fingerprint density at radius 2 is 2.12 bits per heavy atom. The second kappa shape index (κ2) is 4.22. The van der Waals surface area contributed by atoms with Gasteiger partial charge in [0.15, 0.2) is 9.84 Å². The van der Waals surface area contributed by atoms with E-state index in [0.717, 1.165) is 21.1 Å². The largest absolute Gasteiger partial charge is 0.357 e. The number of hydrogen-bond donors (Lipinski definition) is 1. The smallest absolute Gasteiger partial charge is 0.155 e. The lowest BCUT2D eigenvalue weighted by atomic mass is 10.2. The van der Waals surface area contributed by atoms with Crippen LogP contribution in [0.2, 0.25) is 0 Å². The minimum atomic E-state index is -2.98. The lowest BCUT2D eigenvalue weighted by Crippen LogP contribution is -2.06. The van der Waals surface area contributed by atoms with Gasteiger partial charge in [0.1, 0.15) is 0 Å². The molecule has 0 saturated carbocycles. The van der Waals surface area contributed by atoms with Gasteiger partial charge in [-0.3, -0.25) is 0 Å². The van der Waals surface area contributed by atoms with Crippen LogP contribution < -0.4 is 0 Å². The third-order valence-corrected chi connectivity index (χ3v) is 4.77. The minimum absolute atomic E-state index is 0.0740. The number of aromatic nitrogens is 1. The lowest BCUT2D eigenvalue weighted by molar-refractivity contribution is 0.596. The van der Waals surface area contributed by atoms with Gasteiger partial charge in [0.2, 0.25) is 0 Å². The van der Waals surface area contributed by atoms with Crippen LogP contribution in [0.15, 0.2) is 28.7 Å². The van der Waals surface area contributed by atoms with Crippen molar-refractivity contribution in [1.82, 2.24) is 4.98 Å². The van der Waals surface area contributed by atoms with Gasteiger partial charge in [-0.25, -0.2) is 8.42 Å². The van der Waals surface area contributed by atoms with Crippen molar-refractivity contribution >= 4 is 36.7 Å². The molecule has 5 heteroatoms. The summed E-state index contributed by atoms with van der Waals surface area (Å²) in [5.74, 6) is 0.244. The number of para-hydroxylation sites is 1. The van der Waals surface area contributed by atoms with Crippen molar-refractivity contribution < 1.29 is 8.42 Å². The van der Waals surface area contributed by atoms with Crippen LogP contribution >= 0.6 is 15.9 Å². The molecule has 0 aliphatic carbocycles. The maximum absolute atomic E-state index is 11.5. The van der Waals surface area contributed by atoms with Gasteiger partial charge in [0, 0.05) is 21.3 Å². The Morgan fingerprint density at radius 1 is 1.38 bits per heavy atom. The molecule has 2 rings (SSSR count). The van der Waals surface area contributed by atoms with Crippen molar-refractivity contribution in [3.05, 3.63) is 34.4 Å². The minimum Gasteiger partial charge on any atom is -0.357 e. The van der Waals surface area contributed by atoms with E-state index >= 15 is 0 Å². The molecule has 0 fully saturated rings. The van der Waals surface area contributed by atoms with Crippen LogP contribution in [0.4, 0.5) is 0 Å². The number of sulfone groups is 1. The molecule has 0 amide bonds. The summed E-state index contributed by atoms with van der Waals surface area (Å²) >= 11 is 3.43. The predicted molar refractivity (Wildman–Crippen MR) is 69.2 cm³/mol. The Labute approximate surface area is 103 Å². The lowest BCUT2D eigenvalue weighted by Gasteiger charge is -1.97. The second-order valence-corrected chi connectivity index (χ2v) is 6.88. The van der Waals surface area contributed by atoms with E-state index in [1.54, 1.807) is 6.92 Å². The van der Waals surface area contributed by atoms with Crippen LogP contribution in [0.3, 0.4) is 0 Å². The summed E-state index contributed by atoms with van der Waals surface area (Å²) in [6.07, 6.45) is 0. The van der Waals surface area contributed by atoms with E-state index in [1.165, 1.54) is 0 Å². The molecule has 2 aromatic rings. The molecular weight excluding hydrogens is 290 g/mol. The molecule has 1 aromatic carbocycles. The zero-order valence-corrected chi connectivity index (χ0v) is 11.2. The van der Waals surface area contributed by atoms with Crippen LogP contribution in [0.1, 0.15) is 12.6 Å². The monoisotopic (exact) mass is 301 g/mol. The summed E-state index contributed by atoms with van der Waals surface area (Å²) in [6.45, 7) is 1.66. The molecular formula is C11H12BrNO2S. The predicted octanol–water partition coefficient (Wildman–Crippen LogP) is 2.87. The SMILES string of the molecule is CCS(=O)(=O)Cc1cc2cccc(Br)c2[nH]1. The van der Waals surface area contributed by atoms with Crippen molar-refractivity contribution in [3.8, 4) is 0 Å². The first kappa shape index (κ1) is 11.7. The number of H-pyrrole nitrogens is 1. The van der Waals surface area contributed by atoms with Crippen LogP contribution in [0.25, 0.3) is 10.9 Å². The van der Waals surface area contributed by atoms with Gasteiger partial charge in [-0.15, -0.1) is 0 Å². The third kappa shape index (κ3) is 2.30. The molecule has 0 bridgehead atoms. The van der Waals surface area contributed by atoms with Gasteiger partial charge < -0.3 is 4.98 Å². The first-order valence-corrected chi connectivity index (χ1v) is 7.60. The fourth-order valence-electron chi connectivity index (χ4n) is 1.59. The number of halogens is 1. The van der Waals surface area contributed by atoms with E-state index < -0.39 is 9.84 Å². The topological polar surface area (TPSA) is 49.9 Å². The van der Waals surface area contributed by atoms with Crippen LogP contribution in [-0.2, 0) is 15.6 Å². The quantitative estimate of drug-likeness (QED) is 0.948. The molecule has 0 atom stereocenters. The first-order valence-electron chi connectivity index (χ1n) is 4.98. The zero-order chi connectivity index (χ0) is 11.8. The molecule has 86 valence electrons. The van der Waals surface area contributed by atoms with Crippen molar-refractivity contribution in [1.29, 1.82) is 0 Å². The van der Waals surface area contributed by atoms with Crippen LogP contribution in [0.5, 0.6) is 0 Å². The van der Waals surface area contributed by atoms with E-state index in [-0.39, 0.29) is 11.5 Å². The molecule has 0 aliphatic rings. The van der Waals surface area contributed by atoms with Gasteiger partial charge in [-0.1, -0.05) is 19.1 Å². The van der Waals surface area contributed by atoms with Crippen LogP contribution in [-0.4, -0.2) is 19.2 Å². The van der Waals surface area contributed by atoms with E-state index in [0.29, 0.717) is 0 Å². The van der Waals surface area contributed by atoms with Crippen molar-refractivity contribution in [2.24, 2.45) is 0 Å². The fraction of sp³-hybridized carbons (Fsp3) is 0.273. The van der Waals surface area contributed by atoms with Gasteiger partial charge in [0.25, 0.3) is 0 Å². The number of nitrogens with one attached hydrogen (secondary N) is 1. The third-order valence-electron chi connectivity index (χ3n) is 2.48. The van der Waals surface area contributed by atoms with Gasteiger partial charge in [-0.05, 0) is 28.1 Å². The molecule has 1 N–H and O–H groups in total. The maximum Gasteiger partial charge on any atom is 0.155 e. The van der Waals surface area contributed by atoms with Crippen molar-refractivity contribution in [3.63, 3.8) is 0 Å². The van der Waals surface area contributed by atoms with Crippen molar-refractivity contribution in [2.75, 3.05) is 5.75 Å². The molecule has 0 saturated heterocycles. The molecule has 0 radical (unpaired) electrons. The van der Waals surface area contributed by atoms with Gasteiger partial charge in [-0.2, -0.15) is 0 Å². The van der Waals surface area contributed by atoms with Gasteiger partial charge in [0.05, 0.1) is 11.3 Å². The number of aromatic amines is 1.